The van der Waals surface area contributed by atoms with E-state index in [4.69, 9.17) is 5.11 Å². The third-order valence-corrected chi connectivity index (χ3v) is 3.97. The van der Waals surface area contributed by atoms with Crippen molar-refractivity contribution in [3.8, 4) is 0 Å². The van der Waals surface area contributed by atoms with Gasteiger partial charge >= 0.3 is 12.1 Å². The molecule has 0 radical (unpaired) electrons. The minimum absolute atomic E-state index is 0.00573. The van der Waals surface area contributed by atoms with Crippen molar-refractivity contribution >= 4 is 11.9 Å². The van der Waals surface area contributed by atoms with Gasteiger partial charge in [-0.25, -0.2) is 14.8 Å². The maximum absolute atomic E-state index is 12.6. The molecular weight excluding hydrogens is 351 g/mol. The monoisotopic (exact) mass is 365 g/mol. The van der Waals surface area contributed by atoms with Gasteiger partial charge in [0.1, 0.15) is 5.69 Å². The van der Waals surface area contributed by atoms with Crippen LogP contribution in [0.25, 0.3) is 0 Å². The van der Waals surface area contributed by atoms with Crippen LogP contribution in [0, 0.1) is 0 Å². The molecule has 1 aliphatic rings. The topological polar surface area (TPSA) is 83.4 Å². The summed E-state index contributed by atoms with van der Waals surface area (Å²) in [7, 11) is 0. The first-order valence-corrected chi connectivity index (χ1v) is 7.78. The number of hydrogen-bond donors (Lipinski definition) is 1. The van der Waals surface area contributed by atoms with Gasteiger partial charge in [0.25, 0.3) is 5.91 Å². The van der Waals surface area contributed by atoms with Gasteiger partial charge < -0.3 is 10.0 Å². The first-order valence-electron chi connectivity index (χ1n) is 7.78. The lowest BCUT2D eigenvalue weighted by molar-refractivity contribution is -0.137. The fourth-order valence-corrected chi connectivity index (χ4v) is 2.44. The number of aromatic nitrogens is 2. The Morgan fingerprint density at radius 3 is 2.12 bits per heavy atom. The molecule has 1 fully saturated rings. The van der Waals surface area contributed by atoms with Gasteiger partial charge in [0, 0.05) is 12.6 Å². The Balaban J connectivity index is 1.77. The SMILES string of the molecule is O=C(O)c1cnc(C(=O)N(Cc2ccc(C(F)(F)F)cc2)C2CC2)cn1. The number of aromatic carboxylic acids is 1. The highest BCUT2D eigenvalue weighted by atomic mass is 19.4. The summed E-state index contributed by atoms with van der Waals surface area (Å²) in [5, 5.41) is 8.82. The van der Waals surface area contributed by atoms with Gasteiger partial charge in [0.05, 0.1) is 18.0 Å². The van der Waals surface area contributed by atoms with Crippen LogP contribution in [0.5, 0.6) is 0 Å². The second-order valence-corrected chi connectivity index (χ2v) is 5.95. The van der Waals surface area contributed by atoms with Crippen LogP contribution in [0.4, 0.5) is 13.2 Å². The number of alkyl halides is 3. The Bertz CT molecular complexity index is 816. The number of carbonyl (C=O) groups excluding carboxylic acids is 1. The van der Waals surface area contributed by atoms with E-state index in [0.717, 1.165) is 37.4 Å². The molecule has 1 aliphatic carbocycles. The van der Waals surface area contributed by atoms with Crippen LogP contribution in [-0.2, 0) is 12.7 Å². The highest BCUT2D eigenvalue weighted by Crippen LogP contribution is 2.31. The Morgan fingerprint density at radius 1 is 1.08 bits per heavy atom. The molecule has 1 heterocycles. The summed E-state index contributed by atoms with van der Waals surface area (Å²) in [5.74, 6) is -1.68. The quantitative estimate of drug-likeness (QED) is 0.881. The molecule has 1 N–H and O–H groups in total. The second kappa shape index (κ2) is 6.74. The summed E-state index contributed by atoms with van der Waals surface area (Å²) in [5.41, 5.74) is -0.467. The van der Waals surface area contributed by atoms with Gasteiger partial charge in [-0.2, -0.15) is 13.2 Å². The van der Waals surface area contributed by atoms with Crippen LogP contribution in [0.2, 0.25) is 0 Å². The predicted octanol–water partition coefficient (Wildman–Crippen LogP) is 3.00. The van der Waals surface area contributed by atoms with E-state index in [-0.39, 0.29) is 24.0 Å². The van der Waals surface area contributed by atoms with E-state index >= 15 is 0 Å². The first kappa shape index (κ1) is 17.8. The number of rotatable bonds is 5. The van der Waals surface area contributed by atoms with E-state index in [9.17, 15) is 22.8 Å². The van der Waals surface area contributed by atoms with E-state index < -0.39 is 23.6 Å². The molecule has 0 bridgehead atoms. The molecule has 136 valence electrons. The predicted molar refractivity (Wildman–Crippen MR) is 83.3 cm³/mol. The highest BCUT2D eigenvalue weighted by Gasteiger charge is 2.34. The number of amides is 1. The fourth-order valence-electron chi connectivity index (χ4n) is 2.44. The molecule has 0 aliphatic heterocycles. The summed E-state index contributed by atoms with van der Waals surface area (Å²) >= 11 is 0. The van der Waals surface area contributed by atoms with E-state index in [2.05, 4.69) is 9.97 Å². The van der Waals surface area contributed by atoms with Gasteiger partial charge in [-0.05, 0) is 30.5 Å². The molecule has 26 heavy (non-hydrogen) atoms. The third-order valence-electron chi connectivity index (χ3n) is 3.97. The lowest BCUT2D eigenvalue weighted by Gasteiger charge is -2.22. The van der Waals surface area contributed by atoms with E-state index in [0.29, 0.717) is 5.56 Å². The number of nitrogens with zero attached hydrogens (tertiary/aromatic N) is 3. The largest absolute Gasteiger partial charge is 0.476 e. The summed E-state index contributed by atoms with van der Waals surface area (Å²) < 4.78 is 37.9. The zero-order valence-corrected chi connectivity index (χ0v) is 13.4. The standard InChI is InChI=1S/C17H14F3N3O3/c18-17(19,20)11-3-1-10(2-4-11)9-23(12-5-6-12)15(24)13-7-22-14(8-21-13)16(25)26/h1-4,7-8,12H,5-6,9H2,(H,25,26). The number of halogens is 3. The van der Waals surface area contributed by atoms with Gasteiger partial charge in [0.15, 0.2) is 5.69 Å². The molecule has 6 nitrogen and oxygen atoms in total. The number of carboxylic acids is 1. The van der Waals surface area contributed by atoms with E-state index in [1.54, 1.807) is 0 Å². The molecule has 1 aromatic heterocycles. The van der Waals surface area contributed by atoms with Crippen molar-refractivity contribution < 1.29 is 27.9 Å². The van der Waals surface area contributed by atoms with Crippen LogP contribution >= 0.6 is 0 Å². The Morgan fingerprint density at radius 2 is 1.65 bits per heavy atom. The zero-order valence-electron chi connectivity index (χ0n) is 13.4. The second-order valence-electron chi connectivity index (χ2n) is 5.95. The van der Waals surface area contributed by atoms with Gasteiger partial charge in [-0.15, -0.1) is 0 Å². The number of carbonyl (C=O) groups is 2. The zero-order chi connectivity index (χ0) is 18.9. The van der Waals surface area contributed by atoms with Gasteiger partial charge in [0.2, 0.25) is 0 Å². The molecule has 0 atom stereocenters. The van der Waals surface area contributed by atoms with Crippen molar-refractivity contribution in [2.45, 2.75) is 31.6 Å². The third kappa shape index (κ3) is 3.98. The molecule has 0 saturated heterocycles. The number of benzene rings is 1. The van der Waals surface area contributed by atoms with Crippen molar-refractivity contribution in [2.75, 3.05) is 0 Å². The normalized spacial score (nSPS) is 14.1. The maximum atomic E-state index is 12.6. The molecule has 1 amide bonds. The maximum Gasteiger partial charge on any atom is 0.416 e. The summed E-state index contributed by atoms with van der Waals surface area (Å²) in [6, 6.07) is 4.62. The van der Waals surface area contributed by atoms with E-state index in [1.807, 2.05) is 0 Å². The summed E-state index contributed by atoms with van der Waals surface area (Å²) in [6.45, 7) is 0.143. The summed E-state index contributed by atoms with van der Waals surface area (Å²) in [4.78, 5) is 32.5. The summed E-state index contributed by atoms with van der Waals surface area (Å²) in [6.07, 6.45) is -0.723. The number of hydrogen-bond acceptors (Lipinski definition) is 4. The highest BCUT2D eigenvalue weighted by molar-refractivity contribution is 5.93. The molecule has 0 unspecified atom stereocenters. The average Bonchev–Trinajstić information content (AvgIpc) is 3.44. The minimum Gasteiger partial charge on any atom is -0.476 e. The fraction of sp³-hybridized carbons (Fsp3) is 0.294. The van der Waals surface area contributed by atoms with Gasteiger partial charge in [-0.1, -0.05) is 12.1 Å². The Kier molecular flexibility index (Phi) is 4.62. The Hall–Kier alpha value is -2.97. The van der Waals surface area contributed by atoms with Crippen LogP contribution in [0.1, 0.15) is 44.9 Å². The van der Waals surface area contributed by atoms with Crippen LogP contribution in [-0.4, -0.2) is 37.9 Å². The van der Waals surface area contributed by atoms with Crippen LogP contribution in [0.3, 0.4) is 0 Å². The Labute approximate surface area is 146 Å². The molecular formula is C17H14F3N3O3. The van der Waals surface area contributed by atoms with E-state index in [1.165, 1.54) is 17.0 Å². The molecule has 1 saturated carbocycles. The molecule has 1 aromatic carbocycles. The minimum atomic E-state index is -4.41. The lowest BCUT2D eigenvalue weighted by Crippen LogP contribution is -2.33. The van der Waals surface area contributed by atoms with Crippen molar-refractivity contribution in [1.82, 2.24) is 14.9 Å². The van der Waals surface area contributed by atoms with Crippen molar-refractivity contribution in [1.29, 1.82) is 0 Å². The van der Waals surface area contributed by atoms with Crippen LogP contribution < -0.4 is 0 Å². The smallest absolute Gasteiger partial charge is 0.416 e. The first-order chi connectivity index (χ1) is 12.3. The average molecular weight is 365 g/mol. The van der Waals surface area contributed by atoms with Crippen molar-refractivity contribution in [2.24, 2.45) is 0 Å². The van der Waals surface area contributed by atoms with Gasteiger partial charge in [-0.3, -0.25) is 4.79 Å². The number of carboxylic acid groups (broad SMARTS) is 1. The lowest BCUT2D eigenvalue weighted by atomic mass is 10.1. The van der Waals surface area contributed by atoms with Crippen molar-refractivity contribution in [3.63, 3.8) is 0 Å². The molecule has 9 heteroatoms. The molecule has 3 rings (SSSR count). The molecule has 2 aromatic rings. The van der Waals surface area contributed by atoms with Crippen LogP contribution in [0.15, 0.2) is 36.7 Å². The molecule has 0 spiro atoms. The van der Waals surface area contributed by atoms with Crippen molar-refractivity contribution in [3.05, 3.63) is 59.2 Å².